The molecule has 2 N–H and O–H groups in total. The first-order valence-corrected chi connectivity index (χ1v) is 7.24. The van der Waals surface area contributed by atoms with Crippen molar-refractivity contribution in [3.63, 3.8) is 0 Å². The van der Waals surface area contributed by atoms with Crippen molar-refractivity contribution in [2.75, 3.05) is 0 Å². The molecule has 0 amide bonds. The van der Waals surface area contributed by atoms with Crippen LogP contribution >= 0.6 is 0 Å². The summed E-state index contributed by atoms with van der Waals surface area (Å²) in [7, 11) is -2.85. The molecule has 2 aromatic carbocycles. The molecule has 3 heteroatoms. The first-order valence-electron chi connectivity index (χ1n) is 5.63. The Hall–Kier alpha value is -1.42. The van der Waals surface area contributed by atoms with E-state index in [1.807, 2.05) is 67.6 Å². The van der Waals surface area contributed by atoms with Gasteiger partial charge in [0.1, 0.15) is 0 Å². The maximum atomic E-state index is 9.87. The molecule has 2 aromatic rings. The van der Waals surface area contributed by atoms with Crippen LogP contribution in [0.1, 0.15) is 18.1 Å². The smallest absolute Gasteiger partial charge is 0.331 e. The third-order valence-corrected chi connectivity index (χ3v) is 4.96. The summed E-state index contributed by atoms with van der Waals surface area (Å²) in [6, 6.07) is 19.3. The molecule has 0 aliphatic carbocycles. The SMILES string of the molecule is CC(c1ccccc1)(c1ccccc1)[SiH](O)O. The van der Waals surface area contributed by atoms with Gasteiger partial charge in [-0.1, -0.05) is 60.7 Å². The average Bonchev–Trinajstić information content (AvgIpc) is 2.39. The minimum absolute atomic E-state index is 0.664. The summed E-state index contributed by atoms with van der Waals surface area (Å²) in [6.07, 6.45) is 0. The van der Waals surface area contributed by atoms with Crippen LogP contribution in [0.2, 0.25) is 0 Å². The van der Waals surface area contributed by atoms with Gasteiger partial charge < -0.3 is 9.59 Å². The van der Waals surface area contributed by atoms with E-state index in [0.29, 0.717) is 0 Å². The molecule has 0 atom stereocenters. The lowest BCUT2D eigenvalue weighted by molar-refractivity contribution is 0.368. The second kappa shape index (κ2) is 4.83. The average molecular weight is 244 g/mol. The zero-order chi connectivity index (χ0) is 12.3. The third kappa shape index (κ3) is 2.17. The van der Waals surface area contributed by atoms with Crippen molar-refractivity contribution in [2.45, 2.75) is 12.0 Å². The zero-order valence-corrected chi connectivity index (χ0v) is 10.9. The first kappa shape index (κ1) is 12.0. The fraction of sp³-hybridized carbons (Fsp3) is 0.143. The van der Waals surface area contributed by atoms with Crippen molar-refractivity contribution in [2.24, 2.45) is 0 Å². The minimum atomic E-state index is -2.85. The van der Waals surface area contributed by atoms with E-state index in [4.69, 9.17) is 0 Å². The molecule has 2 nitrogen and oxygen atoms in total. The van der Waals surface area contributed by atoms with Crippen molar-refractivity contribution in [1.82, 2.24) is 0 Å². The molecule has 0 saturated carbocycles. The molecule has 0 fully saturated rings. The molecule has 0 saturated heterocycles. The van der Waals surface area contributed by atoms with E-state index in [1.165, 1.54) is 0 Å². The van der Waals surface area contributed by atoms with Gasteiger partial charge in [-0.25, -0.2) is 0 Å². The normalized spacial score (nSPS) is 11.8. The molecular formula is C14H16O2Si. The molecule has 0 heterocycles. The summed E-state index contributed by atoms with van der Waals surface area (Å²) < 4.78 is 0. The summed E-state index contributed by atoms with van der Waals surface area (Å²) in [6.45, 7) is 1.90. The monoisotopic (exact) mass is 244 g/mol. The number of hydrogen-bond donors (Lipinski definition) is 2. The first-order chi connectivity index (χ1) is 8.15. The lowest BCUT2D eigenvalue weighted by Crippen LogP contribution is -2.42. The van der Waals surface area contributed by atoms with Gasteiger partial charge in [-0.2, -0.15) is 0 Å². The predicted molar refractivity (Wildman–Crippen MR) is 70.9 cm³/mol. The van der Waals surface area contributed by atoms with Crippen molar-refractivity contribution in [3.05, 3.63) is 71.8 Å². The third-order valence-electron chi connectivity index (χ3n) is 3.26. The Morgan fingerprint density at radius 3 is 1.41 bits per heavy atom. The van der Waals surface area contributed by atoms with Gasteiger partial charge in [-0.3, -0.25) is 0 Å². The van der Waals surface area contributed by atoms with Crippen LogP contribution < -0.4 is 0 Å². The van der Waals surface area contributed by atoms with Gasteiger partial charge in [-0.05, 0) is 18.1 Å². The fourth-order valence-electron chi connectivity index (χ4n) is 2.03. The van der Waals surface area contributed by atoms with Crippen molar-refractivity contribution >= 4 is 9.28 Å². The van der Waals surface area contributed by atoms with Crippen LogP contribution in [0.5, 0.6) is 0 Å². The summed E-state index contributed by atoms with van der Waals surface area (Å²) in [4.78, 5) is 19.7. The van der Waals surface area contributed by atoms with Crippen LogP contribution in [0.4, 0.5) is 0 Å². The Balaban J connectivity index is 2.55. The highest BCUT2D eigenvalue weighted by Crippen LogP contribution is 2.32. The summed E-state index contributed by atoms with van der Waals surface area (Å²) in [5, 5.41) is -0.664. The lowest BCUT2D eigenvalue weighted by Gasteiger charge is -2.31. The van der Waals surface area contributed by atoms with E-state index < -0.39 is 14.3 Å². The van der Waals surface area contributed by atoms with E-state index in [1.54, 1.807) is 0 Å². The molecule has 0 bridgehead atoms. The van der Waals surface area contributed by atoms with Gasteiger partial charge in [0.05, 0.1) is 5.04 Å². The minimum Gasteiger partial charge on any atom is -0.412 e. The van der Waals surface area contributed by atoms with E-state index in [9.17, 15) is 9.59 Å². The lowest BCUT2D eigenvalue weighted by atomic mass is 9.92. The van der Waals surface area contributed by atoms with E-state index >= 15 is 0 Å². The standard InChI is InChI=1S/C14H16O2Si/c1-14(17(15)16,12-8-4-2-5-9-12)13-10-6-3-7-11-13/h2-11,15-17H,1H3. The van der Waals surface area contributed by atoms with Crippen molar-refractivity contribution in [3.8, 4) is 0 Å². The molecule has 17 heavy (non-hydrogen) atoms. The quantitative estimate of drug-likeness (QED) is 0.807. The van der Waals surface area contributed by atoms with Crippen molar-refractivity contribution < 1.29 is 9.59 Å². The van der Waals surface area contributed by atoms with Crippen LogP contribution in [0.3, 0.4) is 0 Å². The fourth-order valence-corrected chi connectivity index (χ4v) is 3.01. The highest BCUT2D eigenvalue weighted by Gasteiger charge is 2.37. The van der Waals surface area contributed by atoms with E-state index in [-0.39, 0.29) is 0 Å². The van der Waals surface area contributed by atoms with Gasteiger partial charge in [0.25, 0.3) is 0 Å². The Morgan fingerprint density at radius 2 is 1.12 bits per heavy atom. The summed E-state index contributed by atoms with van der Waals surface area (Å²) in [5.74, 6) is 0. The molecule has 0 radical (unpaired) electrons. The second-order valence-corrected chi connectivity index (χ2v) is 6.21. The molecule has 88 valence electrons. The van der Waals surface area contributed by atoms with Gasteiger partial charge in [-0.15, -0.1) is 0 Å². The zero-order valence-electron chi connectivity index (χ0n) is 9.75. The number of benzene rings is 2. The molecule has 2 rings (SSSR count). The molecule has 0 aliphatic rings. The molecule has 0 aliphatic heterocycles. The second-order valence-electron chi connectivity index (χ2n) is 4.31. The molecule has 0 unspecified atom stereocenters. The Kier molecular flexibility index (Phi) is 3.42. The maximum absolute atomic E-state index is 9.87. The van der Waals surface area contributed by atoms with E-state index in [2.05, 4.69) is 0 Å². The summed E-state index contributed by atoms with van der Waals surface area (Å²) in [5.41, 5.74) is 1.90. The summed E-state index contributed by atoms with van der Waals surface area (Å²) >= 11 is 0. The van der Waals surface area contributed by atoms with Crippen LogP contribution in [0.25, 0.3) is 0 Å². The van der Waals surface area contributed by atoms with Crippen LogP contribution in [0, 0.1) is 0 Å². The number of rotatable bonds is 3. The number of hydrogen-bond acceptors (Lipinski definition) is 2. The van der Waals surface area contributed by atoms with Gasteiger partial charge in [0, 0.05) is 0 Å². The van der Waals surface area contributed by atoms with Crippen LogP contribution in [0.15, 0.2) is 60.7 Å². The topological polar surface area (TPSA) is 40.5 Å². The van der Waals surface area contributed by atoms with Gasteiger partial charge >= 0.3 is 9.28 Å². The van der Waals surface area contributed by atoms with Crippen LogP contribution in [-0.4, -0.2) is 18.9 Å². The Morgan fingerprint density at radius 1 is 0.765 bits per heavy atom. The Bertz CT molecular complexity index is 429. The highest BCUT2D eigenvalue weighted by atomic mass is 28.3. The highest BCUT2D eigenvalue weighted by molar-refractivity contribution is 6.46. The molecule has 0 spiro atoms. The molecular weight excluding hydrogens is 228 g/mol. The maximum Gasteiger partial charge on any atom is 0.331 e. The van der Waals surface area contributed by atoms with Gasteiger partial charge in [0.15, 0.2) is 0 Å². The Labute approximate surface area is 103 Å². The van der Waals surface area contributed by atoms with Crippen LogP contribution in [-0.2, 0) is 5.04 Å². The predicted octanol–water partition coefficient (Wildman–Crippen LogP) is 1.74. The van der Waals surface area contributed by atoms with Gasteiger partial charge in [0.2, 0.25) is 0 Å². The molecule has 0 aromatic heterocycles. The van der Waals surface area contributed by atoms with Crippen molar-refractivity contribution in [1.29, 1.82) is 0 Å². The van der Waals surface area contributed by atoms with E-state index in [0.717, 1.165) is 11.1 Å². The largest absolute Gasteiger partial charge is 0.412 e.